The van der Waals surface area contributed by atoms with Crippen molar-refractivity contribution >= 4 is 0 Å². The minimum atomic E-state index is 0.398. The molecule has 2 aliphatic rings. The maximum absolute atomic E-state index is 5.47. The summed E-state index contributed by atoms with van der Waals surface area (Å²) in [5.74, 6) is 0.923. The Hall–Kier alpha value is -0.120. The van der Waals surface area contributed by atoms with Gasteiger partial charge in [0.15, 0.2) is 0 Å². The average Bonchev–Trinajstić information content (AvgIpc) is 3.05. The predicted octanol–water partition coefficient (Wildman–Crippen LogP) is 1.10. The van der Waals surface area contributed by atoms with Crippen LogP contribution in [0.3, 0.4) is 0 Å². The van der Waals surface area contributed by atoms with Crippen LogP contribution in [0, 0.1) is 5.92 Å². The maximum Gasteiger partial charge on any atom is 0.0593 e. The SMILES string of the molecule is CCOCCN1CCNCC1(C)C1CC1. The summed E-state index contributed by atoms with van der Waals surface area (Å²) >= 11 is 0. The van der Waals surface area contributed by atoms with E-state index in [9.17, 15) is 0 Å². The molecule has 0 spiro atoms. The molecule has 15 heavy (non-hydrogen) atoms. The summed E-state index contributed by atoms with van der Waals surface area (Å²) in [7, 11) is 0. The van der Waals surface area contributed by atoms with Crippen LogP contribution in [0.15, 0.2) is 0 Å². The summed E-state index contributed by atoms with van der Waals surface area (Å²) in [6.07, 6.45) is 2.84. The maximum atomic E-state index is 5.47. The molecule has 0 bridgehead atoms. The summed E-state index contributed by atoms with van der Waals surface area (Å²) in [5.41, 5.74) is 0.398. The summed E-state index contributed by atoms with van der Waals surface area (Å²) in [4.78, 5) is 2.64. The number of piperazine rings is 1. The van der Waals surface area contributed by atoms with Gasteiger partial charge in [-0.3, -0.25) is 4.90 Å². The second-order valence-corrected chi connectivity index (χ2v) is 4.99. The van der Waals surface area contributed by atoms with Gasteiger partial charge in [-0.1, -0.05) is 0 Å². The predicted molar refractivity (Wildman–Crippen MR) is 62.1 cm³/mol. The van der Waals surface area contributed by atoms with Gasteiger partial charge in [0, 0.05) is 38.3 Å². The van der Waals surface area contributed by atoms with Crippen LogP contribution in [0.4, 0.5) is 0 Å². The third-order valence-electron chi connectivity index (χ3n) is 3.93. The highest BCUT2D eigenvalue weighted by atomic mass is 16.5. The normalized spacial score (nSPS) is 33.2. The zero-order valence-corrected chi connectivity index (χ0v) is 10.1. The quantitative estimate of drug-likeness (QED) is 0.691. The van der Waals surface area contributed by atoms with Crippen LogP contribution in [0.5, 0.6) is 0 Å². The number of nitrogens with one attached hydrogen (secondary N) is 1. The van der Waals surface area contributed by atoms with E-state index in [0.29, 0.717) is 5.54 Å². The smallest absolute Gasteiger partial charge is 0.0593 e. The standard InChI is InChI=1S/C12H24N2O/c1-3-15-9-8-14-7-6-13-10-12(14,2)11-4-5-11/h11,13H,3-10H2,1-2H3. The Balaban J connectivity index is 1.87. The highest BCUT2D eigenvalue weighted by Crippen LogP contribution is 2.43. The first kappa shape index (κ1) is 11.4. The van der Waals surface area contributed by atoms with E-state index in [1.807, 2.05) is 0 Å². The van der Waals surface area contributed by atoms with Gasteiger partial charge < -0.3 is 10.1 Å². The molecule has 0 aromatic rings. The molecule has 88 valence electrons. The Bertz CT molecular complexity index is 206. The molecule has 2 rings (SSSR count). The Morgan fingerprint density at radius 2 is 2.27 bits per heavy atom. The molecule has 1 aliphatic heterocycles. The van der Waals surface area contributed by atoms with Crippen LogP contribution in [0.2, 0.25) is 0 Å². The molecule has 0 aromatic carbocycles. The molecule has 1 aliphatic carbocycles. The van der Waals surface area contributed by atoms with Crippen molar-refractivity contribution in [3.8, 4) is 0 Å². The first-order chi connectivity index (χ1) is 7.27. The molecule has 0 radical (unpaired) electrons. The van der Waals surface area contributed by atoms with Gasteiger partial charge in [-0.25, -0.2) is 0 Å². The third-order valence-corrected chi connectivity index (χ3v) is 3.93. The molecule has 1 unspecified atom stereocenters. The zero-order valence-electron chi connectivity index (χ0n) is 10.1. The minimum absolute atomic E-state index is 0.398. The topological polar surface area (TPSA) is 24.5 Å². The van der Waals surface area contributed by atoms with Gasteiger partial charge in [0.1, 0.15) is 0 Å². The molecule has 1 heterocycles. The number of nitrogens with zero attached hydrogens (tertiary/aromatic N) is 1. The molecular weight excluding hydrogens is 188 g/mol. The van der Waals surface area contributed by atoms with Crippen LogP contribution < -0.4 is 5.32 Å². The summed E-state index contributed by atoms with van der Waals surface area (Å²) < 4.78 is 5.47. The molecule has 1 saturated carbocycles. The van der Waals surface area contributed by atoms with Crippen LogP contribution >= 0.6 is 0 Å². The number of rotatable bonds is 5. The van der Waals surface area contributed by atoms with Crippen molar-refractivity contribution in [2.75, 3.05) is 39.4 Å². The Morgan fingerprint density at radius 3 is 2.93 bits per heavy atom. The lowest BCUT2D eigenvalue weighted by Crippen LogP contribution is -2.61. The molecule has 2 fully saturated rings. The van der Waals surface area contributed by atoms with Crippen LogP contribution in [-0.2, 0) is 4.74 Å². The van der Waals surface area contributed by atoms with E-state index in [1.54, 1.807) is 0 Å². The lowest BCUT2D eigenvalue weighted by atomic mass is 9.91. The van der Waals surface area contributed by atoms with E-state index in [0.717, 1.165) is 38.8 Å². The van der Waals surface area contributed by atoms with E-state index in [2.05, 4.69) is 24.1 Å². The molecule has 1 saturated heterocycles. The first-order valence-electron chi connectivity index (χ1n) is 6.31. The zero-order chi connectivity index (χ0) is 10.7. The summed E-state index contributed by atoms with van der Waals surface area (Å²) in [6.45, 7) is 10.8. The largest absolute Gasteiger partial charge is 0.380 e. The highest BCUT2D eigenvalue weighted by molar-refractivity contribution is 5.02. The van der Waals surface area contributed by atoms with Crippen molar-refractivity contribution in [1.29, 1.82) is 0 Å². The first-order valence-corrected chi connectivity index (χ1v) is 6.31. The van der Waals surface area contributed by atoms with Gasteiger partial charge in [0.2, 0.25) is 0 Å². The van der Waals surface area contributed by atoms with Crippen molar-refractivity contribution in [3.05, 3.63) is 0 Å². The molecule has 0 aromatic heterocycles. The molecule has 1 N–H and O–H groups in total. The van der Waals surface area contributed by atoms with Crippen LogP contribution in [0.25, 0.3) is 0 Å². The Kier molecular flexibility index (Phi) is 3.65. The molecule has 0 amide bonds. The van der Waals surface area contributed by atoms with Crippen molar-refractivity contribution in [2.24, 2.45) is 5.92 Å². The Labute approximate surface area is 93.2 Å². The van der Waals surface area contributed by atoms with Gasteiger partial charge in [-0.15, -0.1) is 0 Å². The van der Waals surface area contributed by atoms with E-state index in [4.69, 9.17) is 4.74 Å². The summed E-state index contributed by atoms with van der Waals surface area (Å²) in [6, 6.07) is 0. The number of hydrogen-bond donors (Lipinski definition) is 1. The van der Waals surface area contributed by atoms with Crippen molar-refractivity contribution in [2.45, 2.75) is 32.2 Å². The molecule has 3 nitrogen and oxygen atoms in total. The highest BCUT2D eigenvalue weighted by Gasteiger charge is 2.46. The second kappa shape index (κ2) is 4.81. The van der Waals surface area contributed by atoms with Gasteiger partial charge in [0.25, 0.3) is 0 Å². The third kappa shape index (κ3) is 2.52. The summed E-state index contributed by atoms with van der Waals surface area (Å²) in [5, 5.41) is 3.53. The number of ether oxygens (including phenoxy) is 1. The number of hydrogen-bond acceptors (Lipinski definition) is 3. The van der Waals surface area contributed by atoms with E-state index in [-0.39, 0.29) is 0 Å². The van der Waals surface area contributed by atoms with Crippen LogP contribution in [0.1, 0.15) is 26.7 Å². The average molecular weight is 212 g/mol. The fourth-order valence-electron chi connectivity index (χ4n) is 2.72. The van der Waals surface area contributed by atoms with E-state index in [1.165, 1.54) is 19.4 Å². The van der Waals surface area contributed by atoms with Crippen molar-refractivity contribution in [3.63, 3.8) is 0 Å². The van der Waals surface area contributed by atoms with E-state index < -0.39 is 0 Å². The lowest BCUT2D eigenvalue weighted by Gasteiger charge is -2.45. The van der Waals surface area contributed by atoms with Gasteiger partial charge in [-0.2, -0.15) is 0 Å². The second-order valence-electron chi connectivity index (χ2n) is 4.99. The van der Waals surface area contributed by atoms with Crippen LogP contribution in [-0.4, -0.2) is 49.8 Å². The van der Waals surface area contributed by atoms with E-state index >= 15 is 0 Å². The lowest BCUT2D eigenvalue weighted by molar-refractivity contribution is 0.0240. The van der Waals surface area contributed by atoms with Gasteiger partial charge >= 0.3 is 0 Å². The minimum Gasteiger partial charge on any atom is -0.380 e. The Morgan fingerprint density at radius 1 is 1.47 bits per heavy atom. The van der Waals surface area contributed by atoms with Crippen molar-refractivity contribution in [1.82, 2.24) is 10.2 Å². The molecule has 3 heteroatoms. The van der Waals surface area contributed by atoms with Gasteiger partial charge in [0.05, 0.1) is 6.61 Å². The van der Waals surface area contributed by atoms with Crippen molar-refractivity contribution < 1.29 is 4.74 Å². The molecular formula is C12H24N2O. The van der Waals surface area contributed by atoms with Gasteiger partial charge in [-0.05, 0) is 32.6 Å². The fraction of sp³-hybridized carbons (Fsp3) is 1.00. The fourth-order valence-corrected chi connectivity index (χ4v) is 2.72. The monoisotopic (exact) mass is 212 g/mol. The molecule has 1 atom stereocenters.